The fourth-order valence-electron chi connectivity index (χ4n) is 1.01. The average Bonchev–Trinajstić information content (AvgIpc) is 2.21. The Morgan fingerprint density at radius 2 is 1.70 bits per heavy atom. The number of esters is 2. The largest absolute Gasteiger partial charge is 0.410 e. The third kappa shape index (κ3) is 0.672. The second kappa shape index (κ2) is 1.69. The van der Waals surface area contributed by atoms with E-state index in [0.29, 0.717) is 0 Å². The van der Waals surface area contributed by atoms with Gasteiger partial charge in [-0.05, 0) is 0 Å². The van der Waals surface area contributed by atoms with Crippen molar-refractivity contribution < 1.29 is 19.1 Å². The van der Waals surface area contributed by atoms with Crippen molar-refractivity contribution in [2.45, 2.75) is 6.41 Å². The fourth-order valence-corrected chi connectivity index (χ4v) is 1.01. The monoisotopic (exact) mass is 143 g/mol. The fraction of sp³-hybridized carbons (Fsp3) is 0.600. The first-order valence-electron chi connectivity index (χ1n) is 2.89. The molecule has 0 unspecified atom stereocenters. The molecule has 5 heteroatoms. The number of hydrogen-bond donors (Lipinski definition) is 0. The smallest absolute Gasteiger partial charge is 0.324 e. The van der Waals surface area contributed by atoms with Crippen LogP contribution >= 0.6 is 0 Å². The molecule has 0 saturated carbocycles. The lowest BCUT2D eigenvalue weighted by molar-refractivity contribution is -0.173. The summed E-state index contributed by atoms with van der Waals surface area (Å²) in [5, 5.41) is 0. The minimum atomic E-state index is -0.736. The van der Waals surface area contributed by atoms with Crippen molar-refractivity contribution in [1.82, 2.24) is 4.90 Å². The van der Waals surface area contributed by atoms with Crippen molar-refractivity contribution in [3.63, 3.8) is 0 Å². The lowest BCUT2D eigenvalue weighted by Crippen LogP contribution is -2.23. The molecule has 0 amide bonds. The van der Waals surface area contributed by atoms with Crippen LogP contribution in [0.3, 0.4) is 0 Å². The van der Waals surface area contributed by atoms with Crippen molar-refractivity contribution in [2.24, 2.45) is 0 Å². The third-order valence-corrected chi connectivity index (χ3v) is 1.43. The van der Waals surface area contributed by atoms with Gasteiger partial charge in [0.15, 0.2) is 0 Å². The second-order valence-electron chi connectivity index (χ2n) is 2.19. The summed E-state index contributed by atoms with van der Waals surface area (Å²) in [5.41, 5.74) is 0. The number of hydrogen-bond acceptors (Lipinski definition) is 5. The molecule has 0 radical (unpaired) electrons. The van der Waals surface area contributed by atoms with Gasteiger partial charge in [0.1, 0.15) is 13.1 Å². The predicted molar refractivity (Wildman–Crippen MR) is 27.5 cm³/mol. The van der Waals surface area contributed by atoms with Gasteiger partial charge in [0.2, 0.25) is 0 Å². The molecular formula is C5H5NO4. The van der Waals surface area contributed by atoms with Gasteiger partial charge in [-0.25, -0.2) is 4.90 Å². The summed E-state index contributed by atoms with van der Waals surface area (Å²) >= 11 is 0. The summed E-state index contributed by atoms with van der Waals surface area (Å²) in [6.07, 6.45) is -0.736. The van der Waals surface area contributed by atoms with Crippen LogP contribution in [0, 0.1) is 0 Å². The molecule has 0 spiro atoms. The Hall–Kier alpha value is -1.10. The molecule has 2 heterocycles. The molecule has 2 aliphatic heterocycles. The van der Waals surface area contributed by atoms with E-state index in [1.165, 1.54) is 4.90 Å². The van der Waals surface area contributed by atoms with E-state index in [1.54, 1.807) is 0 Å². The molecule has 2 fully saturated rings. The Labute approximate surface area is 56.5 Å². The molecule has 2 aliphatic rings. The number of carbonyl (C=O) groups excluding carboxylic acids is 2. The summed E-state index contributed by atoms with van der Waals surface area (Å²) in [7, 11) is 0. The van der Waals surface area contributed by atoms with Crippen LogP contribution in [-0.2, 0) is 19.1 Å². The molecule has 0 bridgehead atoms. The minimum absolute atomic E-state index is 0.163. The molecular weight excluding hydrogens is 138 g/mol. The highest BCUT2D eigenvalue weighted by molar-refractivity contribution is 5.79. The highest BCUT2D eigenvalue weighted by atomic mass is 16.8. The Balaban J connectivity index is 2.12. The summed E-state index contributed by atoms with van der Waals surface area (Å²) in [6.45, 7) is 0.326. The molecule has 54 valence electrons. The lowest BCUT2D eigenvalue weighted by Gasteiger charge is -2.05. The van der Waals surface area contributed by atoms with E-state index in [4.69, 9.17) is 0 Å². The van der Waals surface area contributed by atoms with Gasteiger partial charge in [-0.1, -0.05) is 0 Å². The summed E-state index contributed by atoms with van der Waals surface area (Å²) in [5.74, 6) is -0.671. The first kappa shape index (κ1) is 5.67. The molecule has 2 saturated heterocycles. The van der Waals surface area contributed by atoms with E-state index >= 15 is 0 Å². The van der Waals surface area contributed by atoms with Gasteiger partial charge in [-0.15, -0.1) is 0 Å². The SMILES string of the molecule is O=C1CN2CC(=O)OC2O1. The summed E-state index contributed by atoms with van der Waals surface area (Å²) in [4.78, 5) is 22.5. The minimum Gasteiger partial charge on any atom is -0.410 e. The number of ether oxygens (including phenoxy) is 2. The number of nitrogens with zero attached hydrogens (tertiary/aromatic N) is 1. The predicted octanol–water partition coefficient (Wildman–Crippen LogP) is -1.31. The lowest BCUT2D eigenvalue weighted by atomic mass is 10.5. The van der Waals surface area contributed by atoms with Crippen LogP contribution in [0.15, 0.2) is 0 Å². The molecule has 0 N–H and O–H groups in total. The van der Waals surface area contributed by atoms with Gasteiger partial charge in [0.05, 0.1) is 0 Å². The number of rotatable bonds is 0. The Bertz CT molecular complexity index is 164. The van der Waals surface area contributed by atoms with E-state index in [0.717, 1.165) is 0 Å². The third-order valence-electron chi connectivity index (χ3n) is 1.43. The van der Waals surface area contributed by atoms with Crippen molar-refractivity contribution in [2.75, 3.05) is 13.1 Å². The quantitative estimate of drug-likeness (QED) is 0.394. The van der Waals surface area contributed by atoms with Gasteiger partial charge in [0, 0.05) is 0 Å². The zero-order chi connectivity index (χ0) is 7.14. The molecule has 10 heavy (non-hydrogen) atoms. The molecule has 0 atom stereocenters. The topological polar surface area (TPSA) is 55.8 Å². The van der Waals surface area contributed by atoms with E-state index in [2.05, 4.69) is 9.47 Å². The van der Waals surface area contributed by atoms with E-state index in [9.17, 15) is 9.59 Å². The van der Waals surface area contributed by atoms with Gasteiger partial charge < -0.3 is 9.47 Å². The highest BCUT2D eigenvalue weighted by Crippen LogP contribution is 2.17. The molecule has 0 aromatic rings. The van der Waals surface area contributed by atoms with E-state index in [1.807, 2.05) is 0 Å². The van der Waals surface area contributed by atoms with Crippen molar-refractivity contribution >= 4 is 11.9 Å². The van der Waals surface area contributed by atoms with Crippen molar-refractivity contribution in [1.29, 1.82) is 0 Å². The van der Waals surface area contributed by atoms with Crippen LogP contribution in [0.2, 0.25) is 0 Å². The second-order valence-corrected chi connectivity index (χ2v) is 2.19. The van der Waals surface area contributed by atoms with Crippen LogP contribution in [0.5, 0.6) is 0 Å². The van der Waals surface area contributed by atoms with Gasteiger partial charge in [-0.3, -0.25) is 9.59 Å². The van der Waals surface area contributed by atoms with Crippen LogP contribution in [0.25, 0.3) is 0 Å². The molecule has 0 aromatic heterocycles. The maximum Gasteiger partial charge on any atom is 0.324 e. The maximum atomic E-state index is 10.5. The number of fused-ring (bicyclic) bond motifs is 1. The maximum absolute atomic E-state index is 10.5. The first-order valence-corrected chi connectivity index (χ1v) is 2.89. The van der Waals surface area contributed by atoms with Crippen LogP contribution < -0.4 is 0 Å². The summed E-state index contributed by atoms with van der Waals surface area (Å²) in [6, 6.07) is 0. The zero-order valence-electron chi connectivity index (χ0n) is 5.07. The zero-order valence-corrected chi connectivity index (χ0v) is 5.07. The molecule has 0 aromatic carbocycles. The number of carbonyl (C=O) groups is 2. The average molecular weight is 143 g/mol. The van der Waals surface area contributed by atoms with E-state index < -0.39 is 6.41 Å². The Kier molecular flexibility index (Phi) is 0.960. The molecule has 0 aliphatic carbocycles. The standard InChI is InChI=1S/C5H5NO4/c7-3-1-6-2-4(8)10-5(6)9-3/h5H,1-2H2. The van der Waals surface area contributed by atoms with E-state index in [-0.39, 0.29) is 25.0 Å². The van der Waals surface area contributed by atoms with Gasteiger partial charge >= 0.3 is 18.4 Å². The van der Waals surface area contributed by atoms with Gasteiger partial charge in [0.25, 0.3) is 0 Å². The van der Waals surface area contributed by atoms with Gasteiger partial charge in [-0.2, -0.15) is 0 Å². The normalized spacial score (nSPS) is 26.4. The highest BCUT2D eigenvalue weighted by Gasteiger charge is 2.41. The van der Waals surface area contributed by atoms with Crippen LogP contribution in [0.1, 0.15) is 0 Å². The van der Waals surface area contributed by atoms with Crippen molar-refractivity contribution in [3.05, 3.63) is 0 Å². The Morgan fingerprint density at radius 1 is 1.20 bits per heavy atom. The van der Waals surface area contributed by atoms with Crippen molar-refractivity contribution in [3.8, 4) is 0 Å². The molecule has 2 rings (SSSR count). The van der Waals surface area contributed by atoms with Crippen LogP contribution in [0.4, 0.5) is 0 Å². The Morgan fingerprint density at radius 3 is 2.10 bits per heavy atom. The molecule has 5 nitrogen and oxygen atoms in total. The summed E-state index contributed by atoms with van der Waals surface area (Å²) < 4.78 is 9.20. The first-order chi connectivity index (χ1) is 4.75. The van der Waals surface area contributed by atoms with Crippen LogP contribution in [-0.4, -0.2) is 36.3 Å².